The number of hydrogen-bond acceptors (Lipinski definition) is 4. The molecule has 0 aliphatic carbocycles. The highest BCUT2D eigenvalue weighted by Crippen LogP contribution is 2.24. The number of aromatic hydroxyl groups is 1. The van der Waals surface area contributed by atoms with E-state index >= 15 is 0 Å². The average Bonchev–Trinajstić information content (AvgIpc) is 2.95. The molecule has 0 atom stereocenters. The first kappa shape index (κ1) is 13.5. The third kappa shape index (κ3) is 2.42. The number of nitrogens with zero attached hydrogens (tertiary/aromatic N) is 4. The number of pyridine rings is 2. The van der Waals surface area contributed by atoms with Gasteiger partial charge in [-0.3, -0.25) is 9.55 Å². The largest absolute Gasteiger partial charge is 0.508 e. The van der Waals surface area contributed by atoms with Crippen molar-refractivity contribution in [2.75, 3.05) is 0 Å². The lowest BCUT2D eigenvalue weighted by molar-refractivity contribution is 0.469. The lowest BCUT2D eigenvalue weighted by Gasteiger charge is -2.09. The fourth-order valence-corrected chi connectivity index (χ4v) is 2.67. The summed E-state index contributed by atoms with van der Waals surface area (Å²) < 4.78 is 2.00. The second-order valence-electron chi connectivity index (χ2n) is 5.22. The van der Waals surface area contributed by atoms with Crippen molar-refractivity contribution in [1.29, 1.82) is 0 Å². The Morgan fingerprint density at radius 3 is 2.57 bits per heavy atom. The molecule has 0 bridgehead atoms. The van der Waals surface area contributed by atoms with Crippen LogP contribution in [0.15, 0.2) is 67.1 Å². The zero-order chi connectivity index (χ0) is 15.6. The SMILES string of the molecule is Oc1ccccc1Cc1nc2cccnc2n1-c1ccncc1. The smallest absolute Gasteiger partial charge is 0.164 e. The lowest BCUT2D eigenvalue weighted by atomic mass is 10.1. The number of fused-ring (bicyclic) bond motifs is 1. The Bertz CT molecular complexity index is 963. The standard InChI is InChI=1S/C18H14N4O/c23-16-6-2-1-4-13(16)12-17-21-15-5-3-9-20-18(15)22(17)14-7-10-19-11-8-14/h1-11,23H,12H2. The van der Waals surface area contributed by atoms with Gasteiger partial charge in [-0.15, -0.1) is 0 Å². The number of aromatic nitrogens is 4. The van der Waals surface area contributed by atoms with Gasteiger partial charge in [0.1, 0.15) is 17.1 Å². The van der Waals surface area contributed by atoms with Gasteiger partial charge in [0.05, 0.1) is 5.69 Å². The summed E-state index contributed by atoms with van der Waals surface area (Å²) in [5.41, 5.74) is 3.41. The molecule has 0 spiro atoms. The van der Waals surface area contributed by atoms with Crippen LogP contribution in [0.25, 0.3) is 16.9 Å². The molecular weight excluding hydrogens is 288 g/mol. The van der Waals surface area contributed by atoms with Crippen molar-refractivity contribution < 1.29 is 5.11 Å². The van der Waals surface area contributed by atoms with Crippen molar-refractivity contribution in [1.82, 2.24) is 19.5 Å². The zero-order valence-electron chi connectivity index (χ0n) is 12.3. The van der Waals surface area contributed by atoms with E-state index in [0.717, 1.165) is 28.2 Å². The summed E-state index contributed by atoms with van der Waals surface area (Å²) in [7, 11) is 0. The second-order valence-corrected chi connectivity index (χ2v) is 5.22. The van der Waals surface area contributed by atoms with E-state index in [-0.39, 0.29) is 5.75 Å². The van der Waals surface area contributed by atoms with Crippen molar-refractivity contribution in [3.8, 4) is 11.4 Å². The average molecular weight is 302 g/mol. The highest BCUT2D eigenvalue weighted by molar-refractivity contribution is 5.73. The molecule has 5 nitrogen and oxygen atoms in total. The molecule has 0 unspecified atom stereocenters. The van der Waals surface area contributed by atoms with Crippen molar-refractivity contribution in [2.45, 2.75) is 6.42 Å². The van der Waals surface area contributed by atoms with E-state index in [9.17, 15) is 5.11 Å². The van der Waals surface area contributed by atoms with Crippen LogP contribution in [0.5, 0.6) is 5.75 Å². The Morgan fingerprint density at radius 1 is 0.913 bits per heavy atom. The number of hydrogen-bond donors (Lipinski definition) is 1. The predicted molar refractivity (Wildman–Crippen MR) is 87.6 cm³/mol. The van der Waals surface area contributed by atoms with Gasteiger partial charge in [0, 0.05) is 30.6 Å². The Morgan fingerprint density at radius 2 is 1.74 bits per heavy atom. The third-order valence-corrected chi connectivity index (χ3v) is 3.75. The van der Waals surface area contributed by atoms with Gasteiger partial charge < -0.3 is 5.11 Å². The number of rotatable bonds is 3. The molecule has 112 valence electrons. The maximum absolute atomic E-state index is 10.0. The van der Waals surface area contributed by atoms with Crippen LogP contribution in [0, 0.1) is 0 Å². The Labute approximate surface area is 132 Å². The highest BCUT2D eigenvalue weighted by atomic mass is 16.3. The van der Waals surface area contributed by atoms with E-state index in [0.29, 0.717) is 6.42 Å². The molecule has 1 aromatic carbocycles. The second kappa shape index (κ2) is 5.53. The molecule has 0 fully saturated rings. The fourth-order valence-electron chi connectivity index (χ4n) is 2.67. The number of phenolic OH excluding ortho intramolecular Hbond substituents is 1. The maximum Gasteiger partial charge on any atom is 0.164 e. The van der Waals surface area contributed by atoms with Gasteiger partial charge in [0.25, 0.3) is 0 Å². The molecule has 0 amide bonds. The monoisotopic (exact) mass is 302 g/mol. The van der Waals surface area contributed by atoms with Crippen LogP contribution < -0.4 is 0 Å². The first-order chi connectivity index (χ1) is 11.3. The van der Waals surface area contributed by atoms with Gasteiger partial charge in [0.2, 0.25) is 0 Å². The van der Waals surface area contributed by atoms with Gasteiger partial charge >= 0.3 is 0 Å². The fraction of sp³-hybridized carbons (Fsp3) is 0.0556. The third-order valence-electron chi connectivity index (χ3n) is 3.75. The van der Waals surface area contributed by atoms with Crippen LogP contribution in [-0.2, 0) is 6.42 Å². The summed E-state index contributed by atoms with van der Waals surface area (Å²) in [5.74, 6) is 1.10. The Hall–Kier alpha value is -3.21. The predicted octanol–water partition coefficient (Wildman–Crippen LogP) is 3.11. The first-order valence-electron chi connectivity index (χ1n) is 7.32. The van der Waals surface area contributed by atoms with E-state index in [4.69, 9.17) is 4.98 Å². The summed E-state index contributed by atoms with van der Waals surface area (Å²) in [6, 6.07) is 15.0. The molecule has 0 radical (unpaired) electrons. The molecule has 4 rings (SSSR count). The minimum Gasteiger partial charge on any atom is -0.508 e. The topological polar surface area (TPSA) is 63.8 Å². The number of imidazole rings is 1. The molecule has 0 saturated heterocycles. The van der Waals surface area contributed by atoms with E-state index in [1.165, 1.54) is 0 Å². The minimum atomic E-state index is 0.272. The summed E-state index contributed by atoms with van der Waals surface area (Å²) >= 11 is 0. The van der Waals surface area contributed by atoms with Crippen molar-refractivity contribution in [3.63, 3.8) is 0 Å². The first-order valence-corrected chi connectivity index (χ1v) is 7.32. The van der Waals surface area contributed by atoms with E-state index in [2.05, 4.69) is 9.97 Å². The summed E-state index contributed by atoms with van der Waals surface area (Å²) in [6.07, 6.45) is 5.76. The van der Waals surface area contributed by atoms with Gasteiger partial charge in [-0.2, -0.15) is 0 Å². The number of para-hydroxylation sites is 1. The maximum atomic E-state index is 10.0. The molecule has 3 aromatic heterocycles. The molecule has 4 aromatic rings. The summed E-state index contributed by atoms with van der Waals surface area (Å²) in [5, 5.41) is 10.0. The molecule has 0 aliphatic heterocycles. The molecule has 0 aliphatic rings. The van der Waals surface area contributed by atoms with Crippen molar-refractivity contribution >= 4 is 11.2 Å². The highest BCUT2D eigenvalue weighted by Gasteiger charge is 2.14. The van der Waals surface area contributed by atoms with Crippen LogP contribution in [0.2, 0.25) is 0 Å². The van der Waals surface area contributed by atoms with E-state index < -0.39 is 0 Å². The molecule has 5 heteroatoms. The van der Waals surface area contributed by atoms with Crippen molar-refractivity contribution in [3.05, 3.63) is 78.5 Å². The van der Waals surface area contributed by atoms with Crippen LogP contribution in [-0.4, -0.2) is 24.6 Å². The van der Waals surface area contributed by atoms with Crippen LogP contribution >= 0.6 is 0 Å². The zero-order valence-corrected chi connectivity index (χ0v) is 12.3. The lowest BCUT2D eigenvalue weighted by Crippen LogP contribution is -2.03. The van der Waals surface area contributed by atoms with Crippen LogP contribution in [0.4, 0.5) is 0 Å². The summed E-state index contributed by atoms with van der Waals surface area (Å²) in [6.45, 7) is 0. The van der Waals surface area contributed by atoms with Gasteiger partial charge in [-0.05, 0) is 30.3 Å². The minimum absolute atomic E-state index is 0.272. The number of phenols is 1. The van der Waals surface area contributed by atoms with Gasteiger partial charge in [0.15, 0.2) is 5.65 Å². The normalized spacial score (nSPS) is 11.0. The van der Waals surface area contributed by atoms with Gasteiger partial charge in [-0.25, -0.2) is 9.97 Å². The quantitative estimate of drug-likeness (QED) is 0.631. The molecule has 3 heterocycles. The Kier molecular flexibility index (Phi) is 3.24. The van der Waals surface area contributed by atoms with Crippen molar-refractivity contribution in [2.24, 2.45) is 0 Å². The molecule has 0 saturated carbocycles. The Balaban J connectivity index is 1.91. The molecule has 1 N–H and O–H groups in total. The molecule has 23 heavy (non-hydrogen) atoms. The van der Waals surface area contributed by atoms with Crippen LogP contribution in [0.3, 0.4) is 0 Å². The van der Waals surface area contributed by atoms with E-state index in [1.54, 1.807) is 24.7 Å². The summed E-state index contributed by atoms with van der Waals surface area (Å²) in [4.78, 5) is 13.2. The van der Waals surface area contributed by atoms with Gasteiger partial charge in [-0.1, -0.05) is 18.2 Å². The van der Waals surface area contributed by atoms with E-state index in [1.807, 2.05) is 47.0 Å². The number of benzene rings is 1. The molecular formula is C18H14N4O. The van der Waals surface area contributed by atoms with Crippen LogP contribution in [0.1, 0.15) is 11.4 Å².